The van der Waals surface area contributed by atoms with Crippen LogP contribution in [0.1, 0.15) is 25.3 Å². The first-order chi connectivity index (χ1) is 9.76. The highest BCUT2D eigenvalue weighted by molar-refractivity contribution is 5.09. The van der Waals surface area contributed by atoms with Crippen molar-refractivity contribution in [2.75, 3.05) is 26.2 Å². The van der Waals surface area contributed by atoms with E-state index in [0.29, 0.717) is 6.42 Å². The fraction of sp³-hybridized carbons (Fsp3) is 0.500. The van der Waals surface area contributed by atoms with Gasteiger partial charge in [0.2, 0.25) is 0 Å². The first-order valence-electron chi connectivity index (χ1n) is 7.11. The second kappa shape index (κ2) is 10.1. The number of rotatable bonds is 10. The molecule has 0 saturated heterocycles. The van der Waals surface area contributed by atoms with Crippen molar-refractivity contribution in [1.29, 1.82) is 5.26 Å². The molecule has 0 aromatic carbocycles. The van der Waals surface area contributed by atoms with Crippen LogP contribution in [0.15, 0.2) is 36.7 Å². The molecule has 0 unspecified atom stereocenters. The second-order valence-electron chi connectivity index (χ2n) is 4.91. The molecule has 4 heteroatoms. The van der Waals surface area contributed by atoms with Gasteiger partial charge in [-0.05, 0) is 30.2 Å². The number of hydrogen-bond acceptors (Lipinski definition) is 4. The molecule has 1 heterocycles. The van der Waals surface area contributed by atoms with Crippen LogP contribution in [0.4, 0.5) is 0 Å². The summed E-state index contributed by atoms with van der Waals surface area (Å²) in [6, 6.07) is 6.21. The number of aromatic nitrogens is 1. The van der Waals surface area contributed by atoms with Crippen molar-refractivity contribution < 1.29 is 0 Å². The van der Waals surface area contributed by atoms with Crippen molar-refractivity contribution in [3.05, 3.63) is 42.2 Å². The fourth-order valence-corrected chi connectivity index (χ4v) is 1.99. The lowest BCUT2D eigenvalue weighted by Crippen LogP contribution is -2.30. The van der Waals surface area contributed by atoms with E-state index in [0.717, 1.165) is 44.7 Å². The Kier molecular flexibility index (Phi) is 8.28. The highest BCUT2D eigenvalue weighted by Gasteiger charge is 2.07. The average molecular weight is 272 g/mol. The third kappa shape index (κ3) is 7.03. The van der Waals surface area contributed by atoms with Crippen LogP contribution in [0, 0.1) is 11.3 Å². The van der Waals surface area contributed by atoms with Crippen molar-refractivity contribution in [2.24, 2.45) is 0 Å². The summed E-state index contributed by atoms with van der Waals surface area (Å²) in [5, 5.41) is 12.1. The van der Waals surface area contributed by atoms with Crippen LogP contribution in [-0.4, -0.2) is 36.1 Å². The molecular weight excluding hydrogens is 248 g/mol. The summed E-state index contributed by atoms with van der Waals surface area (Å²) in [4.78, 5) is 6.38. The molecule has 0 amide bonds. The Hall–Kier alpha value is -1.70. The lowest BCUT2D eigenvalue weighted by Gasteiger charge is -2.22. The minimum atomic E-state index is 0.538. The zero-order valence-corrected chi connectivity index (χ0v) is 12.3. The molecule has 0 aliphatic carbocycles. The Morgan fingerprint density at radius 1 is 1.55 bits per heavy atom. The van der Waals surface area contributed by atoms with Crippen LogP contribution < -0.4 is 5.32 Å². The Morgan fingerprint density at radius 3 is 3.05 bits per heavy atom. The molecule has 1 aromatic heterocycles. The molecule has 1 N–H and O–H groups in total. The number of pyridine rings is 1. The number of nitrogens with zero attached hydrogens (tertiary/aromatic N) is 3. The van der Waals surface area contributed by atoms with Crippen LogP contribution in [0.3, 0.4) is 0 Å². The van der Waals surface area contributed by atoms with E-state index >= 15 is 0 Å². The predicted octanol–water partition coefficient (Wildman–Crippen LogP) is 2.35. The van der Waals surface area contributed by atoms with Gasteiger partial charge in [0, 0.05) is 45.0 Å². The lowest BCUT2D eigenvalue weighted by atomic mass is 10.2. The van der Waals surface area contributed by atoms with Crippen LogP contribution in [0.25, 0.3) is 0 Å². The molecule has 0 saturated carbocycles. The Morgan fingerprint density at radius 2 is 2.40 bits per heavy atom. The zero-order chi connectivity index (χ0) is 14.6. The number of nitriles is 1. The Labute approximate surface area is 122 Å². The first kappa shape index (κ1) is 16.4. The SMILES string of the molecule is C=C(CNCCC)CN(CCC#N)Cc1cccnc1. The van der Waals surface area contributed by atoms with Crippen LogP contribution in [0.5, 0.6) is 0 Å². The van der Waals surface area contributed by atoms with E-state index < -0.39 is 0 Å². The summed E-state index contributed by atoms with van der Waals surface area (Å²) in [6.45, 7) is 10.5. The Balaban J connectivity index is 2.47. The third-order valence-electron chi connectivity index (χ3n) is 2.92. The van der Waals surface area contributed by atoms with Crippen molar-refractivity contribution >= 4 is 0 Å². The second-order valence-corrected chi connectivity index (χ2v) is 4.91. The molecular formula is C16H24N4. The van der Waals surface area contributed by atoms with Gasteiger partial charge < -0.3 is 5.32 Å². The molecule has 0 atom stereocenters. The highest BCUT2D eigenvalue weighted by atomic mass is 15.1. The molecule has 0 spiro atoms. The van der Waals surface area contributed by atoms with E-state index in [1.54, 1.807) is 6.20 Å². The molecule has 0 aliphatic rings. The minimum Gasteiger partial charge on any atom is -0.313 e. The van der Waals surface area contributed by atoms with E-state index in [2.05, 4.69) is 40.8 Å². The third-order valence-corrected chi connectivity index (χ3v) is 2.92. The van der Waals surface area contributed by atoms with Crippen LogP contribution in [-0.2, 0) is 6.54 Å². The molecule has 0 radical (unpaired) electrons. The molecule has 1 rings (SSSR count). The van der Waals surface area contributed by atoms with Gasteiger partial charge in [-0.2, -0.15) is 5.26 Å². The first-order valence-corrected chi connectivity index (χ1v) is 7.11. The van der Waals surface area contributed by atoms with Gasteiger partial charge >= 0.3 is 0 Å². The fourth-order valence-electron chi connectivity index (χ4n) is 1.99. The molecule has 20 heavy (non-hydrogen) atoms. The minimum absolute atomic E-state index is 0.538. The van der Waals surface area contributed by atoms with Crippen molar-refractivity contribution in [2.45, 2.75) is 26.3 Å². The summed E-state index contributed by atoms with van der Waals surface area (Å²) < 4.78 is 0. The lowest BCUT2D eigenvalue weighted by molar-refractivity contribution is 0.292. The summed E-state index contributed by atoms with van der Waals surface area (Å²) in [7, 11) is 0. The zero-order valence-electron chi connectivity index (χ0n) is 12.3. The standard InChI is InChI=1S/C16H24N4/c1-3-8-18-11-15(2)13-20(10-5-7-17)14-16-6-4-9-19-12-16/h4,6,9,12,18H,2-3,5,8,10-11,13-14H2,1H3. The van der Waals surface area contributed by atoms with Gasteiger partial charge in [-0.15, -0.1) is 0 Å². The molecule has 0 bridgehead atoms. The smallest absolute Gasteiger partial charge is 0.0635 e. The van der Waals surface area contributed by atoms with Gasteiger partial charge in [0.05, 0.1) is 6.07 Å². The molecule has 0 fully saturated rings. The monoisotopic (exact) mass is 272 g/mol. The van der Waals surface area contributed by atoms with Crippen molar-refractivity contribution in [3.8, 4) is 6.07 Å². The van der Waals surface area contributed by atoms with E-state index in [1.165, 1.54) is 5.56 Å². The van der Waals surface area contributed by atoms with E-state index in [1.807, 2.05) is 12.3 Å². The van der Waals surface area contributed by atoms with Crippen molar-refractivity contribution in [1.82, 2.24) is 15.2 Å². The number of nitrogens with one attached hydrogen (secondary N) is 1. The summed E-state index contributed by atoms with van der Waals surface area (Å²) in [5.74, 6) is 0. The van der Waals surface area contributed by atoms with Gasteiger partial charge in [-0.1, -0.05) is 19.6 Å². The maximum Gasteiger partial charge on any atom is 0.0635 e. The van der Waals surface area contributed by atoms with Crippen molar-refractivity contribution in [3.63, 3.8) is 0 Å². The quantitative estimate of drug-likeness (QED) is 0.525. The van der Waals surface area contributed by atoms with Gasteiger partial charge in [-0.3, -0.25) is 9.88 Å². The largest absolute Gasteiger partial charge is 0.313 e. The normalized spacial score (nSPS) is 10.4. The average Bonchev–Trinajstić information content (AvgIpc) is 2.46. The topological polar surface area (TPSA) is 52.0 Å². The van der Waals surface area contributed by atoms with Crippen LogP contribution >= 0.6 is 0 Å². The van der Waals surface area contributed by atoms with E-state index in [9.17, 15) is 0 Å². The Bertz CT molecular complexity index is 422. The summed E-state index contributed by atoms with van der Waals surface area (Å²) >= 11 is 0. The van der Waals surface area contributed by atoms with Crippen LogP contribution in [0.2, 0.25) is 0 Å². The molecule has 1 aromatic rings. The maximum atomic E-state index is 8.76. The molecule has 108 valence electrons. The van der Waals surface area contributed by atoms with E-state index in [4.69, 9.17) is 5.26 Å². The molecule has 0 aliphatic heterocycles. The summed E-state index contributed by atoms with van der Waals surface area (Å²) in [6.07, 6.45) is 5.31. The molecule has 4 nitrogen and oxygen atoms in total. The van der Waals surface area contributed by atoms with Gasteiger partial charge in [0.1, 0.15) is 0 Å². The summed E-state index contributed by atoms with van der Waals surface area (Å²) in [5.41, 5.74) is 2.32. The number of hydrogen-bond donors (Lipinski definition) is 1. The van der Waals surface area contributed by atoms with Gasteiger partial charge in [-0.25, -0.2) is 0 Å². The predicted molar refractivity (Wildman–Crippen MR) is 82.0 cm³/mol. The van der Waals surface area contributed by atoms with E-state index in [-0.39, 0.29) is 0 Å². The maximum absolute atomic E-state index is 8.76. The highest BCUT2D eigenvalue weighted by Crippen LogP contribution is 2.06. The van der Waals surface area contributed by atoms with Gasteiger partial charge in [0.25, 0.3) is 0 Å². The van der Waals surface area contributed by atoms with Gasteiger partial charge in [0.15, 0.2) is 0 Å².